The molecule has 1 aromatic rings. The van der Waals surface area contributed by atoms with Gasteiger partial charge in [0.25, 0.3) is 5.91 Å². The number of carbonyl (C=O) groups excluding carboxylic acids is 3. The minimum absolute atomic E-state index is 0.0632. The molecule has 3 aliphatic rings. The zero-order valence-corrected chi connectivity index (χ0v) is 25.1. The first kappa shape index (κ1) is 30.4. The first-order chi connectivity index (χ1) is 19.1. The van der Waals surface area contributed by atoms with E-state index in [1.807, 2.05) is 52.0 Å². The number of unbranched alkanes of at least 4 members (excludes halogenated alkanes) is 2. The van der Waals surface area contributed by atoms with Gasteiger partial charge in [0.2, 0.25) is 5.91 Å². The molecule has 0 saturated carbocycles. The molecular formula is C32H44N2O5S. The maximum atomic E-state index is 14.8. The number of aliphatic hydroxyl groups is 1. The topological polar surface area (TPSA) is 87.2 Å². The molecule has 40 heavy (non-hydrogen) atoms. The molecular weight excluding hydrogens is 524 g/mol. The zero-order valence-electron chi connectivity index (χ0n) is 24.3. The average molecular weight is 569 g/mol. The maximum Gasteiger partial charge on any atom is 0.310 e. The lowest BCUT2D eigenvalue weighted by Gasteiger charge is -2.41. The summed E-state index contributed by atoms with van der Waals surface area (Å²) in [5, 5.41) is 10.4. The number of aryl methyl sites for hydroxylation is 2. The van der Waals surface area contributed by atoms with Gasteiger partial charge in [-0.1, -0.05) is 44.2 Å². The van der Waals surface area contributed by atoms with Gasteiger partial charge in [0.15, 0.2) is 0 Å². The van der Waals surface area contributed by atoms with Gasteiger partial charge in [0.1, 0.15) is 6.04 Å². The summed E-state index contributed by atoms with van der Waals surface area (Å²) in [6.45, 7) is 15.9. The summed E-state index contributed by atoms with van der Waals surface area (Å²) in [7, 11) is 0. The Bertz CT molecular complexity index is 1130. The van der Waals surface area contributed by atoms with Crippen molar-refractivity contribution in [1.29, 1.82) is 0 Å². The average Bonchev–Trinajstić information content (AvgIpc) is 3.55. The van der Waals surface area contributed by atoms with Crippen LogP contribution in [0.25, 0.3) is 0 Å². The fraction of sp³-hybridized carbons (Fsp3) is 0.594. The number of allylic oxidation sites excluding steroid dienone is 1. The fourth-order valence-electron chi connectivity index (χ4n) is 7.07. The van der Waals surface area contributed by atoms with E-state index in [9.17, 15) is 19.5 Å². The molecule has 3 saturated heterocycles. The highest BCUT2D eigenvalue weighted by Gasteiger charge is 2.75. The van der Waals surface area contributed by atoms with Crippen LogP contribution in [0.1, 0.15) is 57.1 Å². The van der Waals surface area contributed by atoms with Crippen LogP contribution >= 0.6 is 11.8 Å². The number of anilines is 1. The number of ether oxygens (including phenoxy) is 1. The van der Waals surface area contributed by atoms with Crippen molar-refractivity contribution in [1.82, 2.24) is 4.90 Å². The molecule has 2 amide bonds. The number of nitrogens with zero attached hydrogens (tertiary/aromatic N) is 2. The Balaban J connectivity index is 1.75. The largest absolute Gasteiger partial charge is 0.465 e. The molecule has 0 aromatic heterocycles. The number of thioether (sulfide) groups is 1. The van der Waals surface area contributed by atoms with E-state index in [1.54, 1.807) is 27.6 Å². The number of esters is 1. The van der Waals surface area contributed by atoms with Crippen molar-refractivity contribution in [3.63, 3.8) is 0 Å². The highest BCUT2D eigenvalue weighted by molar-refractivity contribution is 8.02. The van der Waals surface area contributed by atoms with Gasteiger partial charge in [-0.2, -0.15) is 0 Å². The molecule has 1 aromatic carbocycles. The van der Waals surface area contributed by atoms with Gasteiger partial charge in [0.05, 0.1) is 35.8 Å². The number of rotatable bonds is 13. The Morgan fingerprint density at radius 1 is 1.23 bits per heavy atom. The van der Waals surface area contributed by atoms with E-state index in [2.05, 4.69) is 13.2 Å². The molecule has 1 spiro atoms. The number of benzene rings is 1. The van der Waals surface area contributed by atoms with Crippen LogP contribution in [0.4, 0.5) is 5.69 Å². The van der Waals surface area contributed by atoms with Crippen LogP contribution in [0, 0.1) is 31.6 Å². The number of fused-ring (bicyclic) bond motifs is 1. The second kappa shape index (κ2) is 12.5. The highest BCUT2D eigenvalue weighted by atomic mass is 32.2. The van der Waals surface area contributed by atoms with Crippen molar-refractivity contribution in [2.45, 2.75) is 81.9 Å². The lowest BCUT2D eigenvalue weighted by Crippen LogP contribution is -2.58. The van der Waals surface area contributed by atoms with E-state index in [1.165, 1.54) is 0 Å². The summed E-state index contributed by atoms with van der Waals surface area (Å²) in [4.78, 5) is 46.0. The molecule has 7 nitrogen and oxygen atoms in total. The van der Waals surface area contributed by atoms with Crippen molar-refractivity contribution in [2.75, 3.05) is 24.7 Å². The van der Waals surface area contributed by atoms with E-state index >= 15 is 0 Å². The second-order valence-corrected chi connectivity index (χ2v) is 13.3. The molecule has 218 valence electrons. The van der Waals surface area contributed by atoms with Crippen LogP contribution in [0.2, 0.25) is 0 Å². The minimum Gasteiger partial charge on any atom is -0.465 e. The predicted molar refractivity (Wildman–Crippen MR) is 160 cm³/mol. The Morgan fingerprint density at radius 2 is 1.93 bits per heavy atom. The van der Waals surface area contributed by atoms with Gasteiger partial charge in [0, 0.05) is 17.5 Å². The van der Waals surface area contributed by atoms with Crippen molar-refractivity contribution in [2.24, 2.45) is 17.8 Å². The molecule has 2 unspecified atom stereocenters. The number of para-hydroxylation sites is 1. The van der Waals surface area contributed by atoms with Gasteiger partial charge < -0.3 is 19.6 Å². The summed E-state index contributed by atoms with van der Waals surface area (Å²) >= 11 is 1.62. The molecule has 2 bridgehead atoms. The summed E-state index contributed by atoms with van der Waals surface area (Å²) in [6, 6.07) is 4.58. The molecule has 0 radical (unpaired) electrons. The van der Waals surface area contributed by atoms with E-state index in [0.717, 1.165) is 42.5 Å². The first-order valence-electron chi connectivity index (χ1n) is 14.5. The number of carbonyl (C=O) groups is 3. The van der Waals surface area contributed by atoms with E-state index < -0.39 is 28.7 Å². The van der Waals surface area contributed by atoms with E-state index in [4.69, 9.17) is 4.74 Å². The van der Waals surface area contributed by atoms with Gasteiger partial charge in [-0.25, -0.2) is 0 Å². The fourth-order valence-corrected chi connectivity index (χ4v) is 9.26. The Labute approximate surface area is 243 Å². The summed E-state index contributed by atoms with van der Waals surface area (Å²) in [5.74, 6) is -2.06. The predicted octanol–water partition coefficient (Wildman–Crippen LogP) is 4.83. The minimum atomic E-state index is -0.802. The molecule has 1 N–H and O–H groups in total. The molecule has 3 fully saturated rings. The van der Waals surface area contributed by atoms with Crippen molar-refractivity contribution >= 4 is 35.2 Å². The van der Waals surface area contributed by atoms with Crippen LogP contribution in [-0.4, -0.2) is 69.6 Å². The number of hydrogen-bond donors (Lipinski definition) is 1. The first-order valence-corrected chi connectivity index (χ1v) is 15.4. The molecule has 0 aliphatic carbocycles. The van der Waals surface area contributed by atoms with Gasteiger partial charge >= 0.3 is 5.97 Å². The zero-order chi connectivity index (χ0) is 29.2. The second-order valence-electron chi connectivity index (χ2n) is 11.7. The smallest absolute Gasteiger partial charge is 0.310 e. The third-order valence-corrected chi connectivity index (χ3v) is 10.8. The third kappa shape index (κ3) is 5.13. The molecule has 3 heterocycles. The van der Waals surface area contributed by atoms with Gasteiger partial charge in [-0.15, -0.1) is 24.9 Å². The number of amides is 2. The van der Waals surface area contributed by atoms with E-state index in [-0.39, 0.29) is 35.6 Å². The van der Waals surface area contributed by atoms with Crippen LogP contribution in [0.3, 0.4) is 0 Å². The monoisotopic (exact) mass is 568 g/mol. The standard InChI is InChI=1S/C32H44N2O5S/c1-7-9-10-11-18-39-31(38)25-24-15-16-32(40-24)26(25)29(36)34(23(19-35)20(3)4)28(32)30(37)33(17-8-2)27-21(5)13-12-14-22(27)6/h7-8,12-14,20,23-26,28,35H,1-2,9-11,15-19H2,3-6H3/t23-,24-,25+,26-,28?,32?/m0/s1. The van der Waals surface area contributed by atoms with Gasteiger partial charge in [-0.05, 0) is 63.0 Å². The highest BCUT2D eigenvalue weighted by Crippen LogP contribution is 2.67. The number of likely N-dealkylation sites (tertiary alicyclic amines) is 1. The van der Waals surface area contributed by atoms with Crippen molar-refractivity contribution < 1.29 is 24.2 Å². The summed E-state index contributed by atoms with van der Waals surface area (Å²) < 4.78 is 4.97. The number of aliphatic hydroxyl groups excluding tert-OH is 1. The SMILES string of the molecule is C=CCCCCOC(=O)[C@@H]1[C@@H]2CCC3(S2)C(C(=O)N(CC=C)c2c(C)cccc2C)N([C@@H](CO)C(C)C)C(=O)[C@H]13. The van der Waals surface area contributed by atoms with E-state index in [0.29, 0.717) is 19.6 Å². The maximum absolute atomic E-state index is 14.8. The molecule has 3 aliphatic heterocycles. The number of hydrogen-bond acceptors (Lipinski definition) is 6. The molecule has 4 rings (SSSR count). The normalized spacial score (nSPS) is 27.6. The van der Waals surface area contributed by atoms with Crippen LogP contribution in [0.5, 0.6) is 0 Å². The van der Waals surface area contributed by atoms with Crippen molar-refractivity contribution in [3.05, 3.63) is 54.6 Å². The Kier molecular flexibility index (Phi) is 9.51. The third-order valence-electron chi connectivity index (χ3n) is 8.89. The lowest BCUT2D eigenvalue weighted by molar-refractivity contribution is -0.154. The van der Waals surface area contributed by atoms with Crippen molar-refractivity contribution in [3.8, 4) is 0 Å². The molecule has 6 atom stereocenters. The van der Waals surface area contributed by atoms with Gasteiger partial charge in [-0.3, -0.25) is 14.4 Å². The quantitative estimate of drug-likeness (QED) is 0.208. The Morgan fingerprint density at radius 3 is 2.52 bits per heavy atom. The van der Waals surface area contributed by atoms with Crippen LogP contribution in [-0.2, 0) is 19.1 Å². The van der Waals surface area contributed by atoms with Crippen LogP contribution in [0.15, 0.2) is 43.5 Å². The molecule has 8 heteroatoms. The Hall–Kier alpha value is -2.58. The summed E-state index contributed by atoms with van der Waals surface area (Å²) in [5.41, 5.74) is 2.74. The lowest BCUT2D eigenvalue weighted by atomic mass is 9.71. The van der Waals surface area contributed by atoms with Crippen LogP contribution < -0.4 is 4.90 Å². The summed E-state index contributed by atoms with van der Waals surface area (Å²) in [6.07, 6.45) is 7.46.